The van der Waals surface area contributed by atoms with E-state index in [1.807, 2.05) is 86.6 Å². The van der Waals surface area contributed by atoms with Crippen LogP contribution in [0.15, 0.2) is 84.9 Å². The van der Waals surface area contributed by atoms with Gasteiger partial charge in [0.15, 0.2) is 14.9 Å². The first-order valence-corrected chi connectivity index (χ1v) is 22.6. The Morgan fingerprint density at radius 1 is 0.852 bits per heavy atom. The molecule has 0 bridgehead atoms. The fraction of sp³-hybridized carbons (Fsp3) is 0.478. The van der Waals surface area contributed by atoms with Crippen molar-refractivity contribution in [3.05, 3.63) is 107 Å². The number of rotatable bonds is 17. The molecule has 2 aliphatic rings. The van der Waals surface area contributed by atoms with Crippen LogP contribution in [-0.4, -0.2) is 46.2 Å². The molecule has 0 spiro atoms. The number of fused-ring (bicyclic) bond motifs is 3. The fourth-order valence-electron chi connectivity index (χ4n) is 8.85. The maximum Gasteiger partial charge on any atom is 0.344 e. The first-order valence-electron chi connectivity index (χ1n) is 20.0. The van der Waals surface area contributed by atoms with E-state index in [9.17, 15) is 9.59 Å². The lowest BCUT2D eigenvalue weighted by atomic mass is 9.73. The highest BCUT2D eigenvalue weighted by atomic mass is 28.4. The van der Waals surface area contributed by atoms with E-state index in [2.05, 4.69) is 32.9 Å². The van der Waals surface area contributed by atoms with Crippen molar-refractivity contribution < 1.29 is 33.0 Å². The van der Waals surface area contributed by atoms with E-state index < -0.39 is 8.32 Å². The predicted octanol–water partition coefficient (Wildman–Crippen LogP) is 10.2. The zero-order chi connectivity index (χ0) is 38.2. The van der Waals surface area contributed by atoms with Crippen molar-refractivity contribution in [2.24, 2.45) is 17.8 Å². The van der Waals surface area contributed by atoms with E-state index >= 15 is 0 Å². The van der Waals surface area contributed by atoms with Gasteiger partial charge in [-0.05, 0) is 133 Å². The van der Waals surface area contributed by atoms with Crippen LogP contribution >= 0.6 is 0 Å². The summed E-state index contributed by atoms with van der Waals surface area (Å²) in [5.74, 6) is 1.99. The standard InChI is InChI=1S/C46H58O7Si/c1-7-54(8-2,9-3)53-44-28-38-27-42-37(16-13-17-43(42)50-30-45(47)51-29-33-14-11-10-12-15-33)26-41(38)40(44)23-18-31(4)52-46(48)32(5)34-19-20-36-25-39(49-6)22-21-35(36)24-34/h10-17,19-22,24-25,31-32,38,40-41,44H,7-9,18,23,26-30H2,1-6H3/t31-,32-,38-,40+,41-,44?/m0/s1. The third-order valence-corrected chi connectivity index (χ3v) is 17.1. The number of carbonyl (C=O) groups excluding carboxylic acids is 2. The second kappa shape index (κ2) is 18.0. The highest BCUT2D eigenvalue weighted by Crippen LogP contribution is 2.50. The van der Waals surface area contributed by atoms with Crippen molar-refractivity contribution in [3.63, 3.8) is 0 Å². The summed E-state index contributed by atoms with van der Waals surface area (Å²) in [4.78, 5) is 26.1. The molecule has 7 nitrogen and oxygen atoms in total. The first-order chi connectivity index (χ1) is 26.1. The van der Waals surface area contributed by atoms with Gasteiger partial charge in [-0.25, -0.2) is 4.79 Å². The summed E-state index contributed by atoms with van der Waals surface area (Å²) < 4.78 is 30.4. The lowest BCUT2D eigenvalue weighted by Gasteiger charge is -2.36. The van der Waals surface area contributed by atoms with Crippen molar-refractivity contribution in [1.82, 2.24) is 0 Å². The third-order valence-electron chi connectivity index (χ3n) is 12.4. The van der Waals surface area contributed by atoms with Gasteiger partial charge in [0.1, 0.15) is 18.1 Å². The van der Waals surface area contributed by atoms with Gasteiger partial charge in [0.2, 0.25) is 0 Å². The molecule has 6 atom stereocenters. The monoisotopic (exact) mass is 750 g/mol. The normalized spacial score (nSPS) is 20.4. The molecule has 0 amide bonds. The Kier molecular flexibility index (Phi) is 13.2. The van der Waals surface area contributed by atoms with Crippen LogP contribution in [0.5, 0.6) is 11.5 Å². The molecule has 0 N–H and O–H groups in total. The molecule has 1 fully saturated rings. The molecule has 54 heavy (non-hydrogen) atoms. The van der Waals surface area contributed by atoms with Crippen LogP contribution in [0, 0.1) is 17.8 Å². The van der Waals surface area contributed by atoms with Crippen LogP contribution in [0.1, 0.15) is 82.1 Å². The summed E-state index contributed by atoms with van der Waals surface area (Å²) in [6.45, 7) is 11.0. The van der Waals surface area contributed by atoms with E-state index in [-0.39, 0.29) is 43.3 Å². The smallest absolute Gasteiger partial charge is 0.344 e. The third kappa shape index (κ3) is 9.20. The molecule has 1 unspecified atom stereocenters. The van der Waals surface area contributed by atoms with Crippen molar-refractivity contribution in [3.8, 4) is 11.5 Å². The molecule has 0 saturated heterocycles. The number of hydrogen-bond acceptors (Lipinski definition) is 7. The summed E-state index contributed by atoms with van der Waals surface area (Å²) in [5, 5.41) is 2.15. The zero-order valence-corrected chi connectivity index (χ0v) is 34.0. The molecule has 0 aromatic heterocycles. The molecule has 4 aromatic rings. The summed E-state index contributed by atoms with van der Waals surface area (Å²) in [5.41, 5.74) is 4.41. The molecule has 2 aliphatic carbocycles. The average Bonchev–Trinajstić information content (AvgIpc) is 3.54. The molecular weight excluding hydrogens is 693 g/mol. The maximum atomic E-state index is 13.4. The van der Waals surface area contributed by atoms with Gasteiger partial charge in [0.05, 0.1) is 19.1 Å². The molecule has 1 saturated carbocycles. The van der Waals surface area contributed by atoms with Crippen molar-refractivity contribution in [2.75, 3.05) is 13.7 Å². The second-order valence-electron chi connectivity index (χ2n) is 15.5. The second-order valence-corrected chi connectivity index (χ2v) is 20.2. The molecule has 0 radical (unpaired) electrons. The van der Waals surface area contributed by atoms with Gasteiger partial charge in [-0.2, -0.15) is 0 Å². The number of hydrogen-bond donors (Lipinski definition) is 0. The van der Waals surface area contributed by atoms with Crippen molar-refractivity contribution in [1.29, 1.82) is 0 Å². The lowest BCUT2D eigenvalue weighted by Crippen LogP contribution is -2.42. The van der Waals surface area contributed by atoms with Gasteiger partial charge in [-0.3, -0.25) is 4.79 Å². The Hall–Kier alpha value is -4.14. The van der Waals surface area contributed by atoms with Crippen molar-refractivity contribution >= 4 is 31.0 Å². The quantitative estimate of drug-likeness (QED) is 0.0785. The first kappa shape index (κ1) is 39.5. The molecular formula is C46H58O7Si. The minimum atomic E-state index is -1.87. The van der Waals surface area contributed by atoms with Gasteiger partial charge >= 0.3 is 11.9 Å². The van der Waals surface area contributed by atoms with E-state index in [0.29, 0.717) is 17.8 Å². The van der Waals surface area contributed by atoms with Gasteiger partial charge in [-0.15, -0.1) is 0 Å². The SMILES string of the molecule is CC[Si](CC)(CC)OC1C[C@@H]2Cc3c(cccc3OCC(=O)OCc3ccccc3)C[C@@H]2[C@H]1CC[C@H](C)OC(=O)[C@@H](C)c1ccc2cc(OC)ccc2c1. The maximum absolute atomic E-state index is 13.4. The predicted molar refractivity (Wildman–Crippen MR) is 216 cm³/mol. The highest BCUT2D eigenvalue weighted by molar-refractivity contribution is 6.73. The molecule has 4 aromatic carbocycles. The van der Waals surface area contributed by atoms with Gasteiger partial charge in [0.25, 0.3) is 0 Å². The molecule has 0 heterocycles. The number of ether oxygens (including phenoxy) is 4. The minimum absolute atomic E-state index is 0.116. The van der Waals surface area contributed by atoms with Gasteiger partial charge < -0.3 is 23.4 Å². The summed E-state index contributed by atoms with van der Waals surface area (Å²) in [6, 6.07) is 31.4. The van der Waals surface area contributed by atoms with Gasteiger partial charge in [-0.1, -0.05) is 87.5 Å². The van der Waals surface area contributed by atoms with Crippen LogP contribution in [0.4, 0.5) is 0 Å². The topological polar surface area (TPSA) is 80.3 Å². The van der Waals surface area contributed by atoms with Crippen LogP contribution in [0.3, 0.4) is 0 Å². The average molecular weight is 751 g/mol. The van der Waals surface area contributed by atoms with Crippen LogP contribution in [-0.2, 0) is 42.9 Å². The fourth-order valence-corrected chi connectivity index (χ4v) is 11.8. The van der Waals surface area contributed by atoms with E-state index in [4.69, 9.17) is 23.4 Å². The molecule has 8 heteroatoms. The summed E-state index contributed by atoms with van der Waals surface area (Å²) >= 11 is 0. The number of benzene rings is 4. The minimum Gasteiger partial charge on any atom is -0.497 e. The molecule has 0 aliphatic heterocycles. The van der Waals surface area contributed by atoms with Crippen LogP contribution in [0.2, 0.25) is 18.1 Å². The summed E-state index contributed by atoms with van der Waals surface area (Å²) in [6.07, 6.45) is 4.62. The van der Waals surface area contributed by atoms with E-state index in [1.54, 1.807) is 7.11 Å². The number of esters is 2. The summed E-state index contributed by atoms with van der Waals surface area (Å²) in [7, 11) is -0.198. The zero-order valence-electron chi connectivity index (χ0n) is 33.0. The largest absolute Gasteiger partial charge is 0.497 e. The Balaban J connectivity index is 1.11. The highest BCUT2D eigenvalue weighted by Gasteiger charge is 2.48. The van der Waals surface area contributed by atoms with Crippen molar-refractivity contribution in [2.45, 2.75) is 110 Å². The van der Waals surface area contributed by atoms with E-state index in [0.717, 1.165) is 83.6 Å². The van der Waals surface area contributed by atoms with Gasteiger partial charge in [0, 0.05) is 6.10 Å². The Morgan fingerprint density at radius 3 is 2.33 bits per heavy atom. The Bertz CT molecular complexity index is 1860. The lowest BCUT2D eigenvalue weighted by molar-refractivity contribution is -0.150. The molecule has 288 valence electrons. The van der Waals surface area contributed by atoms with Crippen LogP contribution in [0.25, 0.3) is 10.8 Å². The molecule has 6 rings (SSSR count). The Morgan fingerprint density at radius 2 is 1.59 bits per heavy atom. The number of carbonyl (C=O) groups is 2. The number of methoxy groups -OCH3 is 1. The van der Waals surface area contributed by atoms with Crippen LogP contribution < -0.4 is 9.47 Å². The Labute approximate surface area is 322 Å². The van der Waals surface area contributed by atoms with E-state index in [1.165, 1.54) is 11.1 Å².